The number of carbonyl (C=O) groups is 5. The number of nitrogens with zero attached hydrogens (tertiary/aromatic N) is 2. The molecule has 0 spiro atoms. The number of benzene rings is 1. The molecule has 2 heterocycles. The van der Waals surface area contributed by atoms with Crippen molar-refractivity contribution in [1.29, 1.82) is 0 Å². The highest BCUT2D eigenvalue weighted by atomic mass is 32.2. The quantitative estimate of drug-likeness (QED) is 0.288. The van der Waals surface area contributed by atoms with Gasteiger partial charge in [0.15, 0.2) is 5.78 Å². The van der Waals surface area contributed by atoms with Gasteiger partial charge in [0.25, 0.3) is 0 Å². The van der Waals surface area contributed by atoms with Gasteiger partial charge in [-0.05, 0) is 57.6 Å². The minimum atomic E-state index is -3.89. The number of hydrogen-bond donors (Lipinski definition) is 3. The summed E-state index contributed by atoms with van der Waals surface area (Å²) in [4.78, 5) is 69.3. The topological polar surface area (TPSA) is 195 Å². The Bertz CT molecular complexity index is 1630. The third-order valence-electron chi connectivity index (χ3n) is 9.15. The van der Waals surface area contributed by atoms with Crippen molar-refractivity contribution < 1.29 is 46.3 Å². The summed E-state index contributed by atoms with van der Waals surface area (Å²) in [6, 6.07) is 2.05. The standard InChI is InChI=1S/C32H42FN5O9S/c1-5-19-12-32(19,28(41)36-48(44,45)21-9-10-21)13-26(39)25-11-20(46-30(43)37-15-18-7-6-8-23(33)22(18)17-37)16-38(25)27(40)24(14-34)35-29(42)47-31(2,3)4/h5-8,19-21,24-25H,1,9-17,34H2,2-4H3,(H,35,42)(H,36,41)/t19-,20-,24+,25+,32-/m1/s1. The predicted molar refractivity (Wildman–Crippen MR) is 169 cm³/mol. The van der Waals surface area contributed by atoms with Crippen LogP contribution in [0, 0.1) is 17.2 Å². The summed E-state index contributed by atoms with van der Waals surface area (Å²) in [5, 5.41) is 1.77. The number of likely N-dealkylation sites (tertiary alicyclic amines) is 1. The molecule has 1 aromatic carbocycles. The molecule has 5 atom stereocenters. The lowest BCUT2D eigenvalue weighted by molar-refractivity contribution is -0.140. The van der Waals surface area contributed by atoms with Crippen LogP contribution >= 0.6 is 0 Å². The van der Waals surface area contributed by atoms with Crippen LogP contribution in [0.4, 0.5) is 14.0 Å². The minimum absolute atomic E-state index is 0.0159. The largest absolute Gasteiger partial charge is 0.444 e. The number of Topliss-reactive ketones (excluding diaryl/α,β-unsaturated/α-hetero) is 1. The molecule has 2 aliphatic heterocycles. The first kappa shape index (κ1) is 35.3. The maximum absolute atomic E-state index is 14.3. The Morgan fingerprint density at radius 3 is 2.48 bits per heavy atom. The lowest BCUT2D eigenvalue weighted by Crippen LogP contribution is -2.55. The van der Waals surface area contributed by atoms with E-state index in [0.29, 0.717) is 24.0 Å². The van der Waals surface area contributed by atoms with Crippen LogP contribution in [0.5, 0.6) is 0 Å². The Morgan fingerprint density at radius 1 is 1.19 bits per heavy atom. The predicted octanol–water partition coefficient (Wildman–Crippen LogP) is 1.86. The zero-order valence-electron chi connectivity index (χ0n) is 27.2. The highest BCUT2D eigenvalue weighted by molar-refractivity contribution is 7.90. The number of amides is 4. The molecule has 262 valence electrons. The van der Waals surface area contributed by atoms with Gasteiger partial charge >= 0.3 is 12.2 Å². The molecule has 0 radical (unpaired) electrons. The first-order valence-electron chi connectivity index (χ1n) is 15.9. The molecule has 0 unspecified atom stereocenters. The fourth-order valence-electron chi connectivity index (χ4n) is 6.34. The highest BCUT2D eigenvalue weighted by Gasteiger charge is 2.61. The summed E-state index contributed by atoms with van der Waals surface area (Å²) in [6.45, 7) is 8.17. The van der Waals surface area contributed by atoms with Crippen molar-refractivity contribution in [2.24, 2.45) is 17.1 Å². The summed E-state index contributed by atoms with van der Waals surface area (Å²) in [5.74, 6) is -3.02. The zero-order chi connectivity index (χ0) is 35.2. The Balaban J connectivity index is 1.34. The third kappa shape index (κ3) is 7.48. The van der Waals surface area contributed by atoms with E-state index in [1.165, 1.54) is 17.0 Å². The Hall–Kier alpha value is -4.05. The summed E-state index contributed by atoms with van der Waals surface area (Å²) >= 11 is 0. The van der Waals surface area contributed by atoms with E-state index in [2.05, 4.69) is 16.6 Å². The van der Waals surface area contributed by atoms with E-state index in [4.69, 9.17) is 15.2 Å². The molecule has 5 rings (SSSR count). The molecule has 4 amide bonds. The Morgan fingerprint density at radius 2 is 1.90 bits per heavy atom. The monoisotopic (exact) mass is 691 g/mol. The number of ketones is 1. The number of allylic oxidation sites excluding steroid dienone is 1. The van der Waals surface area contributed by atoms with E-state index in [1.54, 1.807) is 32.9 Å². The molecule has 14 nitrogen and oxygen atoms in total. The fourth-order valence-corrected chi connectivity index (χ4v) is 7.72. The maximum atomic E-state index is 14.3. The molecule has 2 aliphatic carbocycles. The summed E-state index contributed by atoms with van der Waals surface area (Å²) < 4.78 is 52.5. The second-order valence-corrected chi connectivity index (χ2v) is 15.9. The first-order chi connectivity index (χ1) is 22.5. The number of alkyl carbamates (subject to hydrolysis) is 1. The molecule has 3 fully saturated rings. The maximum Gasteiger partial charge on any atom is 0.410 e. The van der Waals surface area contributed by atoms with Crippen LogP contribution in [0.3, 0.4) is 0 Å². The molecule has 1 aromatic rings. The van der Waals surface area contributed by atoms with Crippen molar-refractivity contribution in [3.63, 3.8) is 0 Å². The number of ether oxygens (including phenoxy) is 2. The van der Waals surface area contributed by atoms with Gasteiger partial charge < -0.3 is 25.4 Å². The van der Waals surface area contributed by atoms with Crippen LogP contribution in [0.2, 0.25) is 0 Å². The van der Waals surface area contributed by atoms with Gasteiger partial charge in [0.1, 0.15) is 23.6 Å². The van der Waals surface area contributed by atoms with Gasteiger partial charge in [-0.25, -0.2) is 22.4 Å². The van der Waals surface area contributed by atoms with Crippen LogP contribution < -0.4 is 15.8 Å². The van der Waals surface area contributed by atoms with Crippen LogP contribution in [0.1, 0.15) is 64.0 Å². The SMILES string of the molecule is C=C[C@@H]1C[C@]1(CC(=O)[C@@H]1C[C@@H](OC(=O)N2Cc3cccc(F)c3C2)CN1C(=O)[C@H](CN)NC(=O)OC(C)(C)C)C(=O)NS(=O)(=O)C1CC1. The number of halogens is 1. The zero-order valence-corrected chi connectivity index (χ0v) is 28.0. The van der Waals surface area contributed by atoms with Gasteiger partial charge in [0, 0.05) is 31.5 Å². The number of nitrogens with one attached hydrogen (secondary N) is 2. The molecule has 16 heteroatoms. The van der Waals surface area contributed by atoms with Crippen LogP contribution in [-0.2, 0) is 47.0 Å². The van der Waals surface area contributed by atoms with E-state index < -0.39 is 92.4 Å². The van der Waals surface area contributed by atoms with Gasteiger partial charge in [-0.1, -0.05) is 18.2 Å². The van der Waals surface area contributed by atoms with Crippen LogP contribution in [0.15, 0.2) is 30.9 Å². The van der Waals surface area contributed by atoms with Gasteiger partial charge in [0.05, 0.1) is 29.8 Å². The molecule has 4 aliphatic rings. The van der Waals surface area contributed by atoms with Crippen molar-refractivity contribution in [1.82, 2.24) is 19.8 Å². The smallest absolute Gasteiger partial charge is 0.410 e. The fraction of sp³-hybridized carbons (Fsp3) is 0.594. The summed E-state index contributed by atoms with van der Waals surface area (Å²) in [7, 11) is -3.89. The molecule has 0 bridgehead atoms. The van der Waals surface area contributed by atoms with E-state index in [1.807, 2.05) is 0 Å². The van der Waals surface area contributed by atoms with E-state index in [9.17, 15) is 36.8 Å². The number of sulfonamides is 1. The molecule has 1 saturated heterocycles. The number of nitrogens with two attached hydrogens (primary N) is 1. The second-order valence-electron chi connectivity index (χ2n) is 13.9. The number of rotatable bonds is 11. The molecule has 48 heavy (non-hydrogen) atoms. The lowest BCUT2D eigenvalue weighted by Gasteiger charge is -2.29. The number of fused-ring (bicyclic) bond motifs is 1. The Kier molecular flexibility index (Phi) is 9.63. The lowest BCUT2D eigenvalue weighted by atomic mass is 9.91. The molecular weight excluding hydrogens is 649 g/mol. The third-order valence-corrected chi connectivity index (χ3v) is 11.0. The van der Waals surface area contributed by atoms with Crippen LogP contribution in [-0.4, -0.2) is 90.1 Å². The van der Waals surface area contributed by atoms with Gasteiger partial charge in [-0.15, -0.1) is 6.58 Å². The summed E-state index contributed by atoms with van der Waals surface area (Å²) in [6.07, 6.45) is -0.628. The number of hydrogen-bond acceptors (Lipinski definition) is 10. The number of carbonyl (C=O) groups excluding carboxylic acids is 5. The van der Waals surface area contributed by atoms with Gasteiger partial charge in [-0.3, -0.25) is 24.0 Å². The molecule has 2 saturated carbocycles. The average molecular weight is 692 g/mol. The van der Waals surface area contributed by atoms with Crippen molar-refractivity contribution in [2.75, 3.05) is 13.1 Å². The van der Waals surface area contributed by atoms with Crippen molar-refractivity contribution in [2.45, 2.75) is 95.0 Å². The molecule has 4 N–H and O–H groups in total. The molecular formula is C32H42FN5O9S. The summed E-state index contributed by atoms with van der Waals surface area (Å²) in [5.41, 5.74) is 4.62. The normalized spacial score (nSPS) is 25.5. The van der Waals surface area contributed by atoms with E-state index >= 15 is 0 Å². The Labute approximate surface area is 278 Å². The second kappa shape index (κ2) is 13.1. The van der Waals surface area contributed by atoms with Crippen molar-refractivity contribution in [3.05, 3.63) is 47.8 Å². The van der Waals surface area contributed by atoms with Crippen LogP contribution in [0.25, 0.3) is 0 Å². The van der Waals surface area contributed by atoms with Crippen molar-refractivity contribution in [3.8, 4) is 0 Å². The van der Waals surface area contributed by atoms with E-state index in [-0.39, 0.29) is 39.0 Å². The average Bonchev–Trinajstić information content (AvgIpc) is 3.89. The van der Waals surface area contributed by atoms with Crippen molar-refractivity contribution >= 4 is 39.8 Å². The highest BCUT2D eigenvalue weighted by Crippen LogP contribution is 2.57. The van der Waals surface area contributed by atoms with E-state index in [0.717, 1.165) is 4.90 Å². The van der Waals surface area contributed by atoms with Gasteiger partial charge in [-0.2, -0.15) is 0 Å². The van der Waals surface area contributed by atoms with Gasteiger partial charge in [0.2, 0.25) is 21.8 Å². The molecule has 0 aromatic heterocycles. The minimum Gasteiger partial charge on any atom is -0.444 e. The first-order valence-corrected chi connectivity index (χ1v) is 17.5.